The molecule has 0 aliphatic carbocycles. The van der Waals surface area contributed by atoms with Crippen molar-refractivity contribution in [2.75, 3.05) is 20.1 Å². The van der Waals surface area contributed by atoms with Crippen molar-refractivity contribution in [1.29, 1.82) is 0 Å². The van der Waals surface area contributed by atoms with E-state index in [1.54, 1.807) is 0 Å². The van der Waals surface area contributed by atoms with E-state index >= 15 is 0 Å². The summed E-state index contributed by atoms with van der Waals surface area (Å²) >= 11 is 0. The molecule has 2 heteroatoms. The van der Waals surface area contributed by atoms with Crippen LogP contribution in [0.2, 0.25) is 0 Å². The Hall–Kier alpha value is -0.370. The molecule has 0 saturated carbocycles. The summed E-state index contributed by atoms with van der Waals surface area (Å²) in [6.45, 7) is 4.40. The molecule has 0 spiro atoms. The SMILES string of the molecule is CCNCCCCCC=NC. The molecule has 0 aliphatic rings. The van der Waals surface area contributed by atoms with Crippen molar-refractivity contribution < 1.29 is 0 Å². The van der Waals surface area contributed by atoms with E-state index < -0.39 is 0 Å². The molecule has 0 aromatic rings. The van der Waals surface area contributed by atoms with Crippen LogP contribution in [0.25, 0.3) is 0 Å². The highest BCUT2D eigenvalue weighted by Crippen LogP contribution is 1.96. The first-order valence-electron chi connectivity index (χ1n) is 4.53. The van der Waals surface area contributed by atoms with E-state index in [4.69, 9.17) is 0 Å². The predicted octanol–water partition coefficient (Wildman–Crippen LogP) is 1.86. The number of aliphatic imine (C=N–C) groups is 1. The highest BCUT2D eigenvalue weighted by Gasteiger charge is 1.86. The molecule has 0 aliphatic heterocycles. The zero-order valence-corrected chi connectivity index (χ0v) is 7.77. The van der Waals surface area contributed by atoms with Crippen molar-refractivity contribution >= 4 is 6.21 Å². The Morgan fingerprint density at radius 3 is 2.73 bits per heavy atom. The Balaban J connectivity index is 2.79. The van der Waals surface area contributed by atoms with Gasteiger partial charge in [0, 0.05) is 7.05 Å². The molecular formula is C9H20N2. The van der Waals surface area contributed by atoms with E-state index in [1.807, 2.05) is 13.3 Å². The molecule has 1 N–H and O–H groups in total. The van der Waals surface area contributed by atoms with E-state index in [0.717, 1.165) is 13.0 Å². The number of nitrogens with one attached hydrogen (secondary N) is 1. The van der Waals surface area contributed by atoms with Gasteiger partial charge in [0.05, 0.1) is 0 Å². The van der Waals surface area contributed by atoms with Crippen molar-refractivity contribution in [2.45, 2.75) is 32.6 Å². The van der Waals surface area contributed by atoms with E-state index in [2.05, 4.69) is 17.2 Å². The van der Waals surface area contributed by atoms with Gasteiger partial charge >= 0.3 is 0 Å². The highest BCUT2D eigenvalue weighted by atomic mass is 14.8. The van der Waals surface area contributed by atoms with Crippen molar-refractivity contribution in [3.05, 3.63) is 0 Å². The maximum atomic E-state index is 3.93. The normalized spacial score (nSPS) is 11.1. The van der Waals surface area contributed by atoms with Crippen LogP contribution >= 0.6 is 0 Å². The van der Waals surface area contributed by atoms with Gasteiger partial charge in [0.1, 0.15) is 0 Å². The highest BCUT2D eigenvalue weighted by molar-refractivity contribution is 5.56. The van der Waals surface area contributed by atoms with Gasteiger partial charge in [-0.3, -0.25) is 0 Å². The largest absolute Gasteiger partial charge is 0.317 e. The standard InChI is InChI=1S/C9H20N2/c1-3-11-9-7-5-4-6-8-10-2/h8,11H,3-7,9H2,1-2H3. The fraction of sp³-hybridized carbons (Fsp3) is 0.889. The number of unbranched alkanes of at least 4 members (excludes halogenated alkanes) is 3. The zero-order chi connectivity index (χ0) is 8.36. The molecule has 0 bridgehead atoms. The summed E-state index contributed by atoms with van der Waals surface area (Å²) in [6, 6.07) is 0. The van der Waals surface area contributed by atoms with Gasteiger partial charge in [-0.25, -0.2) is 0 Å². The van der Waals surface area contributed by atoms with Gasteiger partial charge in [-0.1, -0.05) is 13.3 Å². The van der Waals surface area contributed by atoms with Crippen molar-refractivity contribution in [1.82, 2.24) is 5.32 Å². The molecule has 0 saturated heterocycles. The molecule has 0 amide bonds. The summed E-state index contributed by atoms with van der Waals surface area (Å²) in [5, 5.41) is 3.31. The number of hydrogen-bond donors (Lipinski definition) is 1. The lowest BCUT2D eigenvalue weighted by Crippen LogP contribution is -2.13. The van der Waals surface area contributed by atoms with E-state index in [0.29, 0.717) is 0 Å². The Morgan fingerprint density at radius 2 is 2.09 bits per heavy atom. The second-order valence-electron chi connectivity index (χ2n) is 2.64. The van der Waals surface area contributed by atoms with E-state index in [1.165, 1.54) is 25.8 Å². The molecule has 2 nitrogen and oxygen atoms in total. The fourth-order valence-corrected chi connectivity index (χ4v) is 0.968. The van der Waals surface area contributed by atoms with Crippen molar-refractivity contribution in [2.24, 2.45) is 4.99 Å². The third-order valence-electron chi connectivity index (χ3n) is 1.62. The molecule has 0 atom stereocenters. The smallest absolute Gasteiger partial charge is 0.0273 e. The molecule has 0 aromatic heterocycles. The van der Waals surface area contributed by atoms with E-state index in [-0.39, 0.29) is 0 Å². The average Bonchev–Trinajstić information content (AvgIpc) is 2.03. The van der Waals surface area contributed by atoms with Crippen LogP contribution in [0.4, 0.5) is 0 Å². The molecule has 0 unspecified atom stereocenters. The van der Waals surface area contributed by atoms with Crippen LogP contribution in [-0.4, -0.2) is 26.4 Å². The third-order valence-corrected chi connectivity index (χ3v) is 1.62. The Labute approximate surface area is 70.1 Å². The van der Waals surface area contributed by atoms with Gasteiger partial charge in [0.2, 0.25) is 0 Å². The van der Waals surface area contributed by atoms with Crippen LogP contribution < -0.4 is 5.32 Å². The van der Waals surface area contributed by atoms with Gasteiger partial charge in [-0.15, -0.1) is 0 Å². The van der Waals surface area contributed by atoms with Gasteiger partial charge in [0.25, 0.3) is 0 Å². The monoisotopic (exact) mass is 156 g/mol. The summed E-state index contributed by atoms with van der Waals surface area (Å²) in [5.41, 5.74) is 0. The molecule has 11 heavy (non-hydrogen) atoms. The summed E-state index contributed by atoms with van der Waals surface area (Å²) in [6.07, 6.45) is 7.03. The number of rotatable bonds is 7. The van der Waals surface area contributed by atoms with E-state index in [9.17, 15) is 0 Å². The molecule has 0 fully saturated rings. The third kappa shape index (κ3) is 9.63. The van der Waals surface area contributed by atoms with Gasteiger partial charge < -0.3 is 10.3 Å². The molecule has 0 aromatic carbocycles. The van der Waals surface area contributed by atoms with Crippen LogP contribution in [0.15, 0.2) is 4.99 Å². The van der Waals surface area contributed by atoms with Crippen LogP contribution in [0.3, 0.4) is 0 Å². The summed E-state index contributed by atoms with van der Waals surface area (Å²) in [4.78, 5) is 3.93. The van der Waals surface area contributed by atoms with Crippen LogP contribution in [-0.2, 0) is 0 Å². The summed E-state index contributed by atoms with van der Waals surface area (Å²) < 4.78 is 0. The molecule has 66 valence electrons. The lowest BCUT2D eigenvalue weighted by molar-refractivity contribution is 0.626. The minimum absolute atomic E-state index is 1.09. The topological polar surface area (TPSA) is 24.4 Å². The van der Waals surface area contributed by atoms with Gasteiger partial charge in [-0.05, 0) is 38.6 Å². The summed E-state index contributed by atoms with van der Waals surface area (Å²) in [5.74, 6) is 0. The lowest BCUT2D eigenvalue weighted by Gasteiger charge is -1.99. The Morgan fingerprint density at radius 1 is 1.27 bits per heavy atom. The molecular weight excluding hydrogens is 136 g/mol. The molecule has 0 radical (unpaired) electrons. The number of hydrogen-bond acceptors (Lipinski definition) is 2. The molecule has 0 heterocycles. The quantitative estimate of drug-likeness (QED) is 0.441. The zero-order valence-electron chi connectivity index (χ0n) is 7.77. The van der Waals surface area contributed by atoms with Gasteiger partial charge in [0.15, 0.2) is 0 Å². The molecule has 0 rings (SSSR count). The van der Waals surface area contributed by atoms with Crippen molar-refractivity contribution in [3.63, 3.8) is 0 Å². The lowest BCUT2D eigenvalue weighted by atomic mass is 10.2. The van der Waals surface area contributed by atoms with Crippen molar-refractivity contribution in [3.8, 4) is 0 Å². The first-order chi connectivity index (χ1) is 5.41. The number of nitrogens with zero attached hydrogens (tertiary/aromatic N) is 1. The van der Waals surface area contributed by atoms with Crippen LogP contribution in [0, 0.1) is 0 Å². The maximum Gasteiger partial charge on any atom is 0.0273 e. The first kappa shape index (κ1) is 10.6. The van der Waals surface area contributed by atoms with Crippen LogP contribution in [0.1, 0.15) is 32.6 Å². The minimum Gasteiger partial charge on any atom is -0.317 e. The first-order valence-corrected chi connectivity index (χ1v) is 4.53. The fourth-order valence-electron chi connectivity index (χ4n) is 0.968. The average molecular weight is 156 g/mol. The second-order valence-corrected chi connectivity index (χ2v) is 2.64. The Kier molecular flexibility index (Phi) is 9.31. The predicted molar refractivity (Wildman–Crippen MR) is 51.4 cm³/mol. The summed E-state index contributed by atoms with van der Waals surface area (Å²) in [7, 11) is 1.83. The maximum absolute atomic E-state index is 3.93. The Bertz CT molecular complexity index is 89.6. The van der Waals surface area contributed by atoms with Crippen LogP contribution in [0.5, 0.6) is 0 Å². The van der Waals surface area contributed by atoms with Gasteiger partial charge in [-0.2, -0.15) is 0 Å². The second kappa shape index (κ2) is 9.63. The minimum atomic E-state index is 1.09.